The molecule has 4 nitrogen and oxygen atoms in total. The molecule has 2 N–H and O–H groups in total. The molecule has 1 heterocycles. The summed E-state index contributed by atoms with van der Waals surface area (Å²) in [6.07, 6.45) is 1.04. The smallest absolute Gasteiger partial charge is 0.317 e. The number of rotatable bonds is 5. The van der Waals surface area contributed by atoms with Crippen molar-refractivity contribution in [3.8, 4) is 0 Å². The lowest BCUT2D eigenvalue weighted by Crippen LogP contribution is -2.21. The number of pyridine rings is 1. The molecule has 88 valence electrons. The van der Waals surface area contributed by atoms with Crippen LogP contribution < -0.4 is 0 Å². The molecule has 1 aromatic rings. The fraction of sp³-hybridized carbons (Fsp3) is 0.400. The van der Waals surface area contributed by atoms with E-state index >= 15 is 0 Å². The highest BCUT2D eigenvalue weighted by Crippen LogP contribution is 2.30. The largest absolute Gasteiger partial charge is 0.480 e. The number of halogens is 1. The Bertz CT molecular complexity index is 373. The molecule has 0 saturated heterocycles. The highest BCUT2D eigenvalue weighted by atomic mass is 35.5. The summed E-state index contributed by atoms with van der Waals surface area (Å²) in [4.78, 5) is 14.9. The van der Waals surface area contributed by atoms with Crippen LogP contribution in [0.15, 0.2) is 23.4 Å². The van der Waals surface area contributed by atoms with Crippen LogP contribution in [0.1, 0.15) is 13.3 Å². The van der Waals surface area contributed by atoms with Gasteiger partial charge in [-0.05, 0) is 25.5 Å². The van der Waals surface area contributed by atoms with E-state index in [-0.39, 0.29) is 6.42 Å². The highest BCUT2D eigenvalue weighted by Gasteiger charge is 2.22. The van der Waals surface area contributed by atoms with E-state index in [1.54, 1.807) is 25.3 Å². The van der Waals surface area contributed by atoms with Gasteiger partial charge in [0.1, 0.15) is 10.3 Å². The van der Waals surface area contributed by atoms with Crippen LogP contribution in [0.3, 0.4) is 0 Å². The van der Waals surface area contributed by atoms with Gasteiger partial charge in [-0.1, -0.05) is 23.4 Å². The molecule has 0 aliphatic heterocycles. The fourth-order valence-corrected chi connectivity index (χ4v) is 2.40. The topological polar surface area (TPSA) is 70.4 Å². The van der Waals surface area contributed by atoms with Gasteiger partial charge in [0.2, 0.25) is 0 Å². The quantitative estimate of drug-likeness (QED) is 0.794. The van der Waals surface area contributed by atoms with Crippen molar-refractivity contribution in [3.05, 3.63) is 23.4 Å². The second-order valence-corrected chi connectivity index (χ2v) is 4.92. The lowest BCUT2D eigenvalue weighted by atomic mass is 10.2. The Balaban J connectivity index is 2.76. The maximum Gasteiger partial charge on any atom is 0.317 e. The highest BCUT2D eigenvalue weighted by molar-refractivity contribution is 8.00. The van der Waals surface area contributed by atoms with Crippen molar-refractivity contribution >= 4 is 29.3 Å². The number of carboxylic acids is 1. The van der Waals surface area contributed by atoms with Crippen molar-refractivity contribution < 1.29 is 15.0 Å². The molecule has 2 atom stereocenters. The Morgan fingerprint density at radius 2 is 2.38 bits per heavy atom. The van der Waals surface area contributed by atoms with Crippen LogP contribution in [0, 0.1) is 0 Å². The summed E-state index contributed by atoms with van der Waals surface area (Å²) >= 11 is 6.92. The van der Waals surface area contributed by atoms with Gasteiger partial charge in [-0.2, -0.15) is 0 Å². The van der Waals surface area contributed by atoms with Crippen molar-refractivity contribution in [1.29, 1.82) is 0 Å². The SMILES string of the molecule is C[C@H](O)C[C@@H](Sc1ncccc1Cl)C(=O)O. The zero-order chi connectivity index (χ0) is 12.1. The molecular weight excluding hydrogens is 250 g/mol. The van der Waals surface area contributed by atoms with E-state index in [2.05, 4.69) is 4.98 Å². The number of aliphatic hydroxyl groups excluding tert-OH is 1. The summed E-state index contributed by atoms with van der Waals surface area (Å²) in [5, 5.41) is 18.3. The molecule has 0 aliphatic carbocycles. The molecule has 0 saturated carbocycles. The monoisotopic (exact) mass is 261 g/mol. The van der Waals surface area contributed by atoms with Gasteiger partial charge < -0.3 is 10.2 Å². The minimum Gasteiger partial charge on any atom is -0.480 e. The van der Waals surface area contributed by atoms with Crippen molar-refractivity contribution in [2.75, 3.05) is 0 Å². The molecule has 0 spiro atoms. The zero-order valence-corrected chi connectivity index (χ0v) is 10.2. The number of aromatic nitrogens is 1. The van der Waals surface area contributed by atoms with Gasteiger partial charge in [-0.25, -0.2) is 4.98 Å². The molecule has 1 rings (SSSR count). The maximum atomic E-state index is 10.9. The summed E-state index contributed by atoms with van der Waals surface area (Å²) in [5.74, 6) is -0.979. The molecule has 0 radical (unpaired) electrons. The Labute approximate surface area is 103 Å². The van der Waals surface area contributed by atoms with Gasteiger partial charge in [0, 0.05) is 6.20 Å². The number of hydrogen-bond donors (Lipinski definition) is 2. The number of nitrogens with zero attached hydrogens (tertiary/aromatic N) is 1. The van der Waals surface area contributed by atoms with E-state index in [1.165, 1.54) is 0 Å². The van der Waals surface area contributed by atoms with Gasteiger partial charge in [-0.3, -0.25) is 4.79 Å². The van der Waals surface area contributed by atoms with Gasteiger partial charge in [0.15, 0.2) is 0 Å². The summed E-state index contributed by atoms with van der Waals surface area (Å²) in [6, 6.07) is 3.33. The van der Waals surface area contributed by atoms with Gasteiger partial charge in [0.25, 0.3) is 0 Å². The molecule has 0 unspecified atom stereocenters. The second-order valence-electron chi connectivity index (χ2n) is 3.32. The molecule has 0 aromatic carbocycles. The first kappa shape index (κ1) is 13.3. The number of aliphatic hydroxyl groups is 1. The third-order valence-corrected chi connectivity index (χ3v) is 3.45. The standard InChI is InChI=1S/C10H12ClNO3S/c1-6(13)5-8(10(14)15)16-9-7(11)3-2-4-12-9/h2-4,6,8,13H,5H2,1H3,(H,14,15)/t6-,8+/m0/s1. The van der Waals surface area contributed by atoms with Crippen molar-refractivity contribution in [2.45, 2.75) is 29.7 Å². The summed E-state index contributed by atoms with van der Waals surface area (Å²) in [7, 11) is 0. The molecule has 0 fully saturated rings. The minimum absolute atomic E-state index is 0.160. The second kappa shape index (κ2) is 6.08. The van der Waals surface area contributed by atoms with Crippen LogP contribution in [0.2, 0.25) is 5.02 Å². The zero-order valence-electron chi connectivity index (χ0n) is 8.63. The molecule has 0 bridgehead atoms. The van der Waals surface area contributed by atoms with E-state index < -0.39 is 17.3 Å². The number of thioether (sulfide) groups is 1. The third-order valence-electron chi connectivity index (χ3n) is 1.81. The van der Waals surface area contributed by atoms with Crippen LogP contribution in [0.5, 0.6) is 0 Å². The van der Waals surface area contributed by atoms with Crippen LogP contribution in [0.25, 0.3) is 0 Å². The van der Waals surface area contributed by atoms with Crippen LogP contribution in [0.4, 0.5) is 0 Å². The maximum absolute atomic E-state index is 10.9. The molecule has 16 heavy (non-hydrogen) atoms. The average molecular weight is 262 g/mol. The predicted octanol–water partition coefficient (Wildman–Crippen LogP) is 2.05. The summed E-state index contributed by atoms with van der Waals surface area (Å²) in [5.41, 5.74) is 0. The average Bonchev–Trinajstić information content (AvgIpc) is 2.19. The lowest BCUT2D eigenvalue weighted by molar-refractivity contribution is -0.136. The minimum atomic E-state index is -0.979. The van der Waals surface area contributed by atoms with Gasteiger partial charge >= 0.3 is 5.97 Å². The molecule has 0 amide bonds. The Morgan fingerprint density at radius 3 is 2.88 bits per heavy atom. The Hall–Kier alpha value is -0.780. The van der Waals surface area contributed by atoms with Crippen molar-refractivity contribution in [1.82, 2.24) is 4.98 Å². The Kier molecular flexibility index (Phi) is 5.05. The van der Waals surface area contributed by atoms with Crippen LogP contribution >= 0.6 is 23.4 Å². The number of carboxylic acid groups (broad SMARTS) is 1. The van der Waals surface area contributed by atoms with Crippen LogP contribution in [-0.4, -0.2) is 32.5 Å². The van der Waals surface area contributed by atoms with E-state index in [0.717, 1.165) is 11.8 Å². The van der Waals surface area contributed by atoms with Crippen LogP contribution in [-0.2, 0) is 4.79 Å². The first-order valence-electron chi connectivity index (χ1n) is 4.68. The number of hydrogen-bond acceptors (Lipinski definition) is 4. The van der Waals surface area contributed by atoms with Gasteiger partial charge in [0.05, 0.1) is 11.1 Å². The lowest BCUT2D eigenvalue weighted by Gasteiger charge is -2.13. The van der Waals surface area contributed by atoms with Crippen molar-refractivity contribution in [3.63, 3.8) is 0 Å². The fourth-order valence-electron chi connectivity index (χ4n) is 1.10. The molecule has 6 heteroatoms. The van der Waals surface area contributed by atoms with Gasteiger partial charge in [-0.15, -0.1) is 0 Å². The molecule has 1 aromatic heterocycles. The van der Waals surface area contributed by atoms with Crippen molar-refractivity contribution in [2.24, 2.45) is 0 Å². The first-order chi connectivity index (χ1) is 7.50. The summed E-state index contributed by atoms with van der Waals surface area (Å²) < 4.78 is 0. The third kappa shape index (κ3) is 4.00. The number of carbonyl (C=O) groups is 1. The Morgan fingerprint density at radius 1 is 1.69 bits per heavy atom. The van der Waals surface area contributed by atoms with E-state index in [1.807, 2.05) is 0 Å². The molecular formula is C10H12ClNO3S. The predicted molar refractivity (Wildman–Crippen MR) is 62.8 cm³/mol. The summed E-state index contributed by atoms with van der Waals surface area (Å²) in [6.45, 7) is 1.55. The molecule has 0 aliphatic rings. The van der Waals surface area contributed by atoms with E-state index in [0.29, 0.717) is 10.0 Å². The number of aliphatic carboxylic acids is 1. The first-order valence-corrected chi connectivity index (χ1v) is 5.94. The van der Waals surface area contributed by atoms with E-state index in [9.17, 15) is 9.90 Å². The van der Waals surface area contributed by atoms with E-state index in [4.69, 9.17) is 16.7 Å². The normalized spacial score (nSPS) is 14.4.